The summed E-state index contributed by atoms with van der Waals surface area (Å²) >= 11 is 0. The van der Waals surface area contributed by atoms with Gasteiger partial charge in [-0.2, -0.15) is 0 Å². The second-order valence-corrected chi connectivity index (χ2v) is 6.91. The molecule has 148 valence electrons. The Hall–Kier alpha value is -3.98. The minimum absolute atomic E-state index is 0.0962. The molecule has 0 spiro atoms. The lowest BCUT2D eigenvalue weighted by molar-refractivity contribution is 0.559. The Kier molecular flexibility index (Phi) is 4.80. The van der Waals surface area contributed by atoms with Crippen LogP contribution in [0.1, 0.15) is 16.7 Å². The van der Waals surface area contributed by atoms with Gasteiger partial charge in [-0.3, -0.25) is 9.36 Å². The average molecular weight is 402 g/mol. The Morgan fingerprint density at radius 1 is 0.833 bits per heavy atom. The summed E-state index contributed by atoms with van der Waals surface area (Å²) in [6, 6.07) is 15.9. The van der Waals surface area contributed by atoms with Crippen molar-refractivity contribution in [1.29, 1.82) is 0 Å². The van der Waals surface area contributed by atoms with Gasteiger partial charge in [-0.15, -0.1) is 0 Å². The summed E-state index contributed by atoms with van der Waals surface area (Å²) in [6.07, 6.45) is 0. The summed E-state index contributed by atoms with van der Waals surface area (Å²) in [5, 5.41) is 0.189. The van der Waals surface area contributed by atoms with Crippen LogP contribution in [0.25, 0.3) is 16.6 Å². The maximum absolute atomic E-state index is 14.9. The van der Waals surface area contributed by atoms with Gasteiger partial charge in [0, 0.05) is 18.2 Å². The van der Waals surface area contributed by atoms with Crippen molar-refractivity contribution >= 4 is 10.9 Å². The van der Waals surface area contributed by atoms with E-state index in [1.807, 2.05) is 13.0 Å². The predicted octanol–water partition coefficient (Wildman–Crippen LogP) is 3.68. The SMILES string of the molecule is Cc1ccc2c(=O)n(-c3c(F)cc(C#Cc4ccccc4)cc3F)c(=O)n(C)c2c1. The molecule has 4 nitrogen and oxygen atoms in total. The van der Waals surface area contributed by atoms with E-state index in [-0.39, 0.29) is 10.9 Å². The smallest absolute Gasteiger partial charge is 0.296 e. The minimum Gasteiger partial charge on any atom is -0.296 e. The normalized spacial score (nSPS) is 10.7. The summed E-state index contributed by atoms with van der Waals surface area (Å²) in [5.41, 5.74) is -0.293. The summed E-state index contributed by atoms with van der Waals surface area (Å²) in [5.74, 6) is 3.43. The van der Waals surface area contributed by atoms with Gasteiger partial charge < -0.3 is 0 Å². The first-order chi connectivity index (χ1) is 14.4. The number of rotatable bonds is 1. The van der Waals surface area contributed by atoms with Crippen LogP contribution in [0.4, 0.5) is 8.78 Å². The van der Waals surface area contributed by atoms with E-state index in [0.717, 1.165) is 17.7 Å². The number of hydrogen-bond donors (Lipinski definition) is 0. The highest BCUT2D eigenvalue weighted by Crippen LogP contribution is 2.19. The lowest BCUT2D eigenvalue weighted by Crippen LogP contribution is -2.39. The van der Waals surface area contributed by atoms with Crippen LogP contribution in [0.5, 0.6) is 0 Å². The van der Waals surface area contributed by atoms with Gasteiger partial charge in [0.1, 0.15) is 5.69 Å². The Morgan fingerprint density at radius 2 is 1.47 bits per heavy atom. The van der Waals surface area contributed by atoms with E-state index < -0.39 is 28.6 Å². The van der Waals surface area contributed by atoms with Crippen LogP contribution < -0.4 is 11.2 Å². The van der Waals surface area contributed by atoms with Crippen molar-refractivity contribution in [2.45, 2.75) is 6.92 Å². The van der Waals surface area contributed by atoms with Gasteiger partial charge in [-0.1, -0.05) is 36.1 Å². The zero-order chi connectivity index (χ0) is 21.4. The molecule has 6 heteroatoms. The monoisotopic (exact) mass is 402 g/mol. The predicted molar refractivity (Wildman–Crippen MR) is 112 cm³/mol. The van der Waals surface area contributed by atoms with Crippen LogP contribution in [0.15, 0.2) is 70.3 Å². The molecule has 30 heavy (non-hydrogen) atoms. The van der Waals surface area contributed by atoms with E-state index in [1.54, 1.807) is 42.5 Å². The third-order valence-corrected chi connectivity index (χ3v) is 4.79. The lowest BCUT2D eigenvalue weighted by Gasteiger charge is -2.13. The first-order valence-corrected chi connectivity index (χ1v) is 9.15. The van der Waals surface area contributed by atoms with E-state index in [2.05, 4.69) is 11.8 Å². The molecular weight excluding hydrogens is 386 g/mol. The molecule has 3 aromatic carbocycles. The van der Waals surface area contributed by atoms with E-state index in [0.29, 0.717) is 15.6 Å². The van der Waals surface area contributed by atoms with Gasteiger partial charge in [0.2, 0.25) is 0 Å². The molecular formula is C24H16F2N2O2. The first-order valence-electron chi connectivity index (χ1n) is 9.15. The fourth-order valence-corrected chi connectivity index (χ4v) is 3.27. The van der Waals surface area contributed by atoms with E-state index in [1.165, 1.54) is 11.6 Å². The Balaban J connectivity index is 1.91. The van der Waals surface area contributed by atoms with Gasteiger partial charge >= 0.3 is 5.69 Å². The van der Waals surface area contributed by atoms with Crippen molar-refractivity contribution in [3.63, 3.8) is 0 Å². The number of nitrogens with zero attached hydrogens (tertiary/aromatic N) is 2. The number of aryl methyl sites for hydroxylation is 2. The molecule has 0 radical (unpaired) electrons. The van der Waals surface area contributed by atoms with Crippen molar-refractivity contribution in [2.75, 3.05) is 0 Å². The van der Waals surface area contributed by atoms with Crippen LogP contribution in [0.2, 0.25) is 0 Å². The fourth-order valence-electron chi connectivity index (χ4n) is 3.27. The Bertz CT molecular complexity index is 1450. The number of hydrogen-bond acceptors (Lipinski definition) is 2. The maximum atomic E-state index is 14.9. The van der Waals surface area contributed by atoms with Crippen molar-refractivity contribution in [3.05, 3.63) is 110 Å². The highest BCUT2D eigenvalue weighted by molar-refractivity contribution is 5.79. The van der Waals surface area contributed by atoms with Crippen molar-refractivity contribution in [2.24, 2.45) is 7.05 Å². The zero-order valence-corrected chi connectivity index (χ0v) is 16.2. The summed E-state index contributed by atoms with van der Waals surface area (Å²) in [7, 11) is 1.45. The van der Waals surface area contributed by atoms with E-state index in [9.17, 15) is 18.4 Å². The summed E-state index contributed by atoms with van der Waals surface area (Å²) < 4.78 is 31.5. The zero-order valence-electron chi connectivity index (χ0n) is 16.2. The molecule has 0 unspecified atom stereocenters. The quantitative estimate of drug-likeness (QED) is 0.456. The molecule has 1 aromatic heterocycles. The summed E-state index contributed by atoms with van der Waals surface area (Å²) in [4.78, 5) is 25.7. The molecule has 4 rings (SSSR count). The van der Waals surface area contributed by atoms with Gasteiger partial charge in [-0.25, -0.2) is 18.1 Å². The topological polar surface area (TPSA) is 44.0 Å². The third-order valence-electron chi connectivity index (χ3n) is 4.79. The Labute approximate surface area is 170 Å². The molecule has 4 aromatic rings. The molecule has 1 heterocycles. The molecule has 0 saturated heterocycles. The highest BCUT2D eigenvalue weighted by Gasteiger charge is 2.20. The standard InChI is InChI=1S/C24H16F2N2O2/c1-15-8-11-18-21(12-15)27(2)24(30)28(23(18)29)22-19(25)13-17(14-20(22)26)10-9-16-6-4-3-5-7-16/h3-8,11-14H,1-2H3. The fraction of sp³-hybridized carbons (Fsp3) is 0.0833. The molecule has 0 fully saturated rings. The number of aromatic nitrogens is 2. The number of halogens is 2. The molecule has 0 bridgehead atoms. The first kappa shape index (κ1) is 19.3. The average Bonchev–Trinajstić information content (AvgIpc) is 2.73. The lowest BCUT2D eigenvalue weighted by atomic mass is 10.1. The molecule has 0 saturated carbocycles. The van der Waals surface area contributed by atoms with E-state index in [4.69, 9.17) is 0 Å². The van der Waals surface area contributed by atoms with Gasteiger partial charge in [0.15, 0.2) is 11.6 Å². The third kappa shape index (κ3) is 3.31. The van der Waals surface area contributed by atoms with Gasteiger partial charge in [0.25, 0.3) is 5.56 Å². The molecule has 0 N–H and O–H groups in total. The number of fused-ring (bicyclic) bond motifs is 1. The second-order valence-electron chi connectivity index (χ2n) is 6.91. The molecule has 0 atom stereocenters. The van der Waals surface area contributed by atoms with Crippen LogP contribution in [0.3, 0.4) is 0 Å². The minimum atomic E-state index is -1.04. The maximum Gasteiger partial charge on any atom is 0.336 e. The van der Waals surface area contributed by atoms with Gasteiger partial charge in [0.05, 0.1) is 10.9 Å². The van der Waals surface area contributed by atoms with Crippen molar-refractivity contribution in [1.82, 2.24) is 9.13 Å². The Morgan fingerprint density at radius 3 is 2.13 bits per heavy atom. The number of benzene rings is 3. The second kappa shape index (κ2) is 7.45. The van der Waals surface area contributed by atoms with Crippen LogP contribution in [-0.4, -0.2) is 9.13 Å². The largest absolute Gasteiger partial charge is 0.336 e. The van der Waals surface area contributed by atoms with Gasteiger partial charge in [-0.05, 0) is 48.9 Å². The van der Waals surface area contributed by atoms with Crippen LogP contribution >= 0.6 is 0 Å². The molecule has 0 aliphatic rings. The van der Waals surface area contributed by atoms with Crippen LogP contribution in [0, 0.1) is 30.4 Å². The van der Waals surface area contributed by atoms with Crippen molar-refractivity contribution < 1.29 is 8.78 Å². The highest BCUT2D eigenvalue weighted by atomic mass is 19.1. The van der Waals surface area contributed by atoms with Crippen molar-refractivity contribution in [3.8, 4) is 17.5 Å². The van der Waals surface area contributed by atoms with E-state index >= 15 is 0 Å². The van der Waals surface area contributed by atoms with Crippen LogP contribution in [-0.2, 0) is 7.05 Å². The molecule has 0 amide bonds. The summed E-state index contributed by atoms with van der Waals surface area (Å²) in [6.45, 7) is 1.82. The molecule has 0 aliphatic carbocycles. The molecule has 0 aliphatic heterocycles.